The van der Waals surface area contributed by atoms with Crippen molar-refractivity contribution in [3.05, 3.63) is 0 Å². The van der Waals surface area contributed by atoms with Crippen LogP contribution < -0.4 is 0 Å². The summed E-state index contributed by atoms with van der Waals surface area (Å²) < 4.78 is 0. The van der Waals surface area contributed by atoms with Crippen LogP contribution in [0.25, 0.3) is 0 Å². The predicted octanol–water partition coefficient (Wildman–Crippen LogP) is 2.88. The summed E-state index contributed by atoms with van der Waals surface area (Å²) in [6, 6.07) is 0. The second kappa shape index (κ2) is 4.48. The first-order valence-electron chi connectivity index (χ1n) is 4.96. The Kier molecular flexibility index (Phi) is 3.85. The molecule has 0 N–H and O–H groups in total. The Labute approximate surface area is 81.1 Å². The Balaban J connectivity index is 2.27. The highest BCUT2D eigenvalue weighted by atomic mass is 35.5. The molecule has 1 saturated heterocycles. The van der Waals surface area contributed by atoms with Crippen molar-refractivity contribution in [1.82, 2.24) is 4.90 Å². The lowest BCUT2D eigenvalue weighted by atomic mass is 9.92. The minimum absolute atomic E-state index is 0.478. The molecule has 72 valence electrons. The monoisotopic (exact) mass is 189 g/mol. The number of alkyl halides is 1. The van der Waals surface area contributed by atoms with Gasteiger partial charge < -0.3 is 4.90 Å². The van der Waals surface area contributed by atoms with E-state index in [4.69, 9.17) is 11.6 Å². The van der Waals surface area contributed by atoms with Crippen LogP contribution in [0.3, 0.4) is 0 Å². The first kappa shape index (κ1) is 10.3. The first-order valence-corrected chi connectivity index (χ1v) is 5.50. The Morgan fingerprint density at radius 2 is 2.17 bits per heavy atom. The Hall–Kier alpha value is 0.250. The number of unbranched alkanes of at least 4 members (excludes halogenated alkanes) is 1. The minimum atomic E-state index is 0.478. The molecule has 0 aromatic carbocycles. The number of halogens is 1. The largest absolute Gasteiger partial charge is 0.301 e. The molecule has 0 spiro atoms. The third-order valence-corrected chi connectivity index (χ3v) is 3.50. The molecule has 1 aliphatic rings. The van der Waals surface area contributed by atoms with E-state index in [0.29, 0.717) is 5.54 Å². The number of rotatable bonds is 4. The molecule has 0 bridgehead atoms. The SMILES string of the molecule is CN1CCCC1(C)CCCCCl. The average molecular weight is 190 g/mol. The summed E-state index contributed by atoms with van der Waals surface area (Å²) in [7, 11) is 2.24. The number of hydrogen-bond donors (Lipinski definition) is 0. The minimum Gasteiger partial charge on any atom is -0.301 e. The van der Waals surface area contributed by atoms with Crippen LogP contribution in [0.2, 0.25) is 0 Å². The van der Waals surface area contributed by atoms with Gasteiger partial charge in [-0.2, -0.15) is 0 Å². The summed E-state index contributed by atoms with van der Waals surface area (Å²) in [5, 5.41) is 0. The van der Waals surface area contributed by atoms with Gasteiger partial charge in [-0.05, 0) is 46.2 Å². The van der Waals surface area contributed by atoms with E-state index in [1.165, 1.54) is 38.6 Å². The number of hydrogen-bond acceptors (Lipinski definition) is 1. The molecule has 1 nitrogen and oxygen atoms in total. The molecule has 1 fully saturated rings. The van der Waals surface area contributed by atoms with Crippen LogP contribution in [-0.2, 0) is 0 Å². The van der Waals surface area contributed by atoms with Crippen molar-refractivity contribution >= 4 is 11.6 Å². The van der Waals surface area contributed by atoms with Gasteiger partial charge >= 0.3 is 0 Å². The van der Waals surface area contributed by atoms with Crippen LogP contribution in [0.4, 0.5) is 0 Å². The van der Waals surface area contributed by atoms with E-state index in [0.717, 1.165) is 5.88 Å². The fourth-order valence-electron chi connectivity index (χ4n) is 2.07. The van der Waals surface area contributed by atoms with Crippen molar-refractivity contribution < 1.29 is 0 Å². The molecule has 1 unspecified atom stereocenters. The standard InChI is InChI=1S/C10H20ClN/c1-10(6-3-4-8-11)7-5-9-12(10)2/h3-9H2,1-2H3. The van der Waals surface area contributed by atoms with Gasteiger partial charge in [0.05, 0.1) is 0 Å². The first-order chi connectivity index (χ1) is 5.69. The van der Waals surface area contributed by atoms with E-state index >= 15 is 0 Å². The molecule has 0 radical (unpaired) electrons. The zero-order valence-corrected chi connectivity index (χ0v) is 9.03. The van der Waals surface area contributed by atoms with Gasteiger partial charge in [-0.25, -0.2) is 0 Å². The maximum atomic E-state index is 5.66. The van der Waals surface area contributed by atoms with Crippen LogP contribution in [0.15, 0.2) is 0 Å². The van der Waals surface area contributed by atoms with E-state index < -0.39 is 0 Å². The smallest absolute Gasteiger partial charge is 0.0223 e. The zero-order chi connectivity index (χ0) is 9.03. The van der Waals surface area contributed by atoms with Crippen LogP contribution in [0, 0.1) is 0 Å². The topological polar surface area (TPSA) is 3.24 Å². The van der Waals surface area contributed by atoms with Gasteiger partial charge in [0.1, 0.15) is 0 Å². The normalized spacial score (nSPS) is 31.2. The van der Waals surface area contributed by atoms with Crippen molar-refractivity contribution in [2.75, 3.05) is 19.5 Å². The van der Waals surface area contributed by atoms with Crippen molar-refractivity contribution in [1.29, 1.82) is 0 Å². The Morgan fingerprint density at radius 1 is 1.42 bits per heavy atom. The summed E-state index contributed by atoms with van der Waals surface area (Å²) in [5.74, 6) is 0.819. The third-order valence-electron chi connectivity index (χ3n) is 3.23. The summed E-state index contributed by atoms with van der Waals surface area (Å²) in [4.78, 5) is 2.50. The number of likely N-dealkylation sites (tertiary alicyclic amines) is 1. The van der Waals surface area contributed by atoms with E-state index in [-0.39, 0.29) is 0 Å². The Bertz CT molecular complexity index is 138. The predicted molar refractivity (Wildman–Crippen MR) is 54.8 cm³/mol. The fraction of sp³-hybridized carbons (Fsp3) is 1.00. The van der Waals surface area contributed by atoms with E-state index in [9.17, 15) is 0 Å². The zero-order valence-electron chi connectivity index (χ0n) is 8.27. The molecule has 1 rings (SSSR count). The van der Waals surface area contributed by atoms with Crippen LogP contribution >= 0.6 is 11.6 Å². The highest BCUT2D eigenvalue weighted by Crippen LogP contribution is 2.31. The van der Waals surface area contributed by atoms with Gasteiger partial charge in [-0.3, -0.25) is 0 Å². The van der Waals surface area contributed by atoms with Crippen molar-refractivity contribution in [3.63, 3.8) is 0 Å². The molecule has 0 amide bonds. The van der Waals surface area contributed by atoms with Crippen molar-refractivity contribution in [3.8, 4) is 0 Å². The van der Waals surface area contributed by atoms with Gasteiger partial charge in [-0.1, -0.05) is 6.42 Å². The highest BCUT2D eigenvalue weighted by Gasteiger charge is 2.32. The second-order valence-corrected chi connectivity index (χ2v) is 4.55. The van der Waals surface area contributed by atoms with Gasteiger partial charge in [0.15, 0.2) is 0 Å². The third kappa shape index (κ3) is 2.37. The summed E-state index contributed by atoms with van der Waals surface area (Å²) >= 11 is 5.66. The van der Waals surface area contributed by atoms with Crippen molar-refractivity contribution in [2.45, 2.75) is 44.6 Å². The van der Waals surface area contributed by atoms with Gasteiger partial charge in [0.25, 0.3) is 0 Å². The van der Waals surface area contributed by atoms with Crippen LogP contribution in [-0.4, -0.2) is 29.9 Å². The summed E-state index contributed by atoms with van der Waals surface area (Å²) in [6.07, 6.45) is 6.51. The molecule has 2 heteroatoms. The lowest BCUT2D eigenvalue weighted by Gasteiger charge is -2.32. The fourth-order valence-corrected chi connectivity index (χ4v) is 2.26. The van der Waals surface area contributed by atoms with Gasteiger partial charge in [0, 0.05) is 11.4 Å². The molecule has 1 heterocycles. The van der Waals surface area contributed by atoms with Crippen LogP contribution in [0.5, 0.6) is 0 Å². The maximum absolute atomic E-state index is 5.66. The molecular weight excluding hydrogens is 170 g/mol. The molecule has 0 aromatic heterocycles. The second-order valence-electron chi connectivity index (χ2n) is 4.17. The molecule has 1 atom stereocenters. The lowest BCUT2D eigenvalue weighted by molar-refractivity contribution is 0.178. The molecule has 0 saturated carbocycles. The quantitative estimate of drug-likeness (QED) is 0.486. The Morgan fingerprint density at radius 3 is 2.67 bits per heavy atom. The van der Waals surface area contributed by atoms with Crippen LogP contribution in [0.1, 0.15) is 39.0 Å². The van der Waals surface area contributed by atoms with E-state index in [1.807, 2.05) is 0 Å². The van der Waals surface area contributed by atoms with E-state index in [1.54, 1.807) is 0 Å². The molecule has 1 aliphatic heterocycles. The lowest BCUT2D eigenvalue weighted by Crippen LogP contribution is -2.37. The van der Waals surface area contributed by atoms with Gasteiger partial charge in [-0.15, -0.1) is 11.6 Å². The molecule has 12 heavy (non-hydrogen) atoms. The molecule has 0 aliphatic carbocycles. The average Bonchev–Trinajstić information content (AvgIpc) is 2.34. The summed E-state index contributed by atoms with van der Waals surface area (Å²) in [5.41, 5.74) is 0.478. The van der Waals surface area contributed by atoms with Crippen molar-refractivity contribution in [2.24, 2.45) is 0 Å². The maximum Gasteiger partial charge on any atom is 0.0223 e. The molecule has 0 aromatic rings. The summed E-state index contributed by atoms with van der Waals surface area (Å²) in [6.45, 7) is 3.66. The molecular formula is C10H20ClN. The van der Waals surface area contributed by atoms with Gasteiger partial charge in [0.2, 0.25) is 0 Å². The van der Waals surface area contributed by atoms with E-state index in [2.05, 4.69) is 18.9 Å². The number of nitrogens with zero attached hydrogens (tertiary/aromatic N) is 1. The highest BCUT2D eigenvalue weighted by molar-refractivity contribution is 6.17.